The molecule has 0 fully saturated rings. The van der Waals surface area contributed by atoms with Crippen LogP contribution in [0.3, 0.4) is 0 Å². The first-order chi connectivity index (χ1) is 7.33. The van der Waals surface area contributed by atoms with Crippen molar-refractivity contribution in [2.45, 2.75) is 12.5 Å². The number of fused-ring (bicyclic) bond motifs is 1. The molecule has 0 radical (unpaired) electrons. The summed E-state index contributed by atoms with van der Waals surface area (Å²) in [6, 6.07) is 11.6. The summed E-state index contributed by atoms with van der Waals surface area (Å²) in [5.74, 6) is 0. The van der Waals surface area contributed by atoms with Crippen molar-refractivity contribution in [3.8, 4) is 6.07 Å². The standard InChI is InChI=1S/C12H11N3/c13-7-5-11(14)12-10-4-2-1-3-9(10)6-8-15-12/h1-4,6,8,11H,5,14H2. The van der Waals surface area contributed by atoms with Crippen LogP contribution in [0, 0.1) is 11.3 Å². The molecule has 3 heteroatoms. The Balaban J connectivity index is 2.56. The van der Waals surface area contributed by atoms with Gasteiger partial charge in [-0.1, -0.05) is 24.3 Å². The Labute approximate surface area is 88.2 Å². The molecule has 2 rings (SSSR count). The number of nitrogens with zero attached hydrogens (tertiary/aromatic N) is 2. The highest BCUT2D eigenvalue weighted by Gasteiger charge is 2.10. The average molecular weight is 197 g/mol. The molecule has 2 aromatic rings. The Morgan fingerprint density at radius 2 is 2.13 bits per heavy atom. The van der Waals surface area contributed by atoms with Gasteiger partial charge in [0.15, 0.2) is 0 Å². The molecule has 0 aliphatic heterocycles. The van der Waals surface area contributed by atoms with Gasteiger partial charge in [-0.2, -0.15) is 5.26 Å². The van der Waals surface area contributed by atoms with E-state index >= 15 is 0 Å². The van der Waals surface area contributed by atoms with Crippen molar-refractivity contribution in [1.29, 1.82) is 5.26 Å². The Hall–Kier alpha value is -1.92. The molecule has 1 aromatic carbocycles. The maximum atomic E-state index is 8.61. The first-order valence-corrected chi connectivity index (χ1v) is 4.79. The molecule has 1 unspecified atom stereocenters. The van der Waals surface area contributed by atoms with E-state index in [1.165, 1.54) is 0 Å². The van der Waals surface area contributed by atoms with E-state index in [9.17, 15) is 0 Å². The molecule has 0 saturated carbocycles. The highest BCUT2D eigenvalue weighted by Crippen LogP contribution is 2.21. The van der Waals surface area contributed by atoms with Crippen molar-refractivity contribution in [3.05, 3.63) is 42.2 Å². The molecule has 74 valence electrons. The summed E-state index contributed by atoms with van der Waals surface area (Å²) in [5, 5.41) is 10.7. The number of nitriles is 1. The SMILES string of the molecule is N#CCC(N)c1nccc2ccccc12. The van der Waals surface area contributed by atoms with Crippen LogP contribution in [0.5, 0.6) is 0 Å². The van der Waals surface area contributed by atoms with Gasteiger partial charge < -0.3 is 5.73 Å². The molecule has 1 atom stereocenters. The van der Waals surface area contributed by atoms with E-state index in [0.717, 1.165) is 16.5 Å². The number of hydrogen-bond donors (Lipinski definition) is 1. The Kier molecular flexibility index (Phi) is 2.61. The normalized spacial score (nSPS) is 12.3. The molecule has 3 nitrogen and oxygen atoms in total. The van der Waals surface area contributed by atoms with Gasteiger partial charge in [-0.25, -0.2) is 0 Å². The average Bonchev–Trinajstić information content (AvgIpc) is 2.28. The Morgan fingerprint density at radius 3 is 2.93 bits per heavy atom. The van der Waals surface area contributed by atoms with Crippen molar-refractivity contribution in [1.82, 2.24) is 4.98 Å². The third-order valence-corrected chi connectivity index (χ3v) is 2.37. The summed E-state index contributed by atoms with van der Waals surface area (Å²) in [7, 11) is 0. The lowest BCUT2D eigenvalue weighted by Crippen LogP contribution is -2.11. The van der Waals surface area contributed by atoms with Crippen LogP contribution in [-0.2, 0) is 0 Å². The number of aromatic nitrogens is 1. The topological polar surface area (TPSA) is 62.7 Å². The van der Waals surface area contributed by atoms with Crippen LogP contribution >= 0.6 is 0 Å². The van der Waals surface area contributed by atoms with Gasteiger partial charge >= 0.3 is 0 Å². The van der Waals surface area contributed by atoms with Gasteiger partial charge in [0.2, 0.25) is 0 Å². The van der Waals surface area contributed by atoms with Crippen LogP contribution < -0.4 is 5.73 Å². The van der Waals surface area contributed by atoms with E-state index in [2.05, 4.69) is 11.1 Å². The Bertz CT molecular complexity index is 508. The maximum absolute atomic E-state index is 8.61. The molecule has 0 saturated heterocycles. The number of hydrogen-bond acceptors (Lipinski definition) is 3. The maximum Gasteiger partial charge on any atom is 0.0659 e. The lowest BCUT2D eigenvalue weighted by molar-refractivity contribution is 0.728. The van der Waals surface area contributed by atoms with Crippen LogP contribution in [0.4, 0.5) is 0 Å². The van der Waals surface area contributed by atoms with E-state index in [0.29, 0.717) is 6.42 Å². The summed E-state index contributed by atoms with van der Waals surface area (Å²) in [4.78, 5) is 4.25. The number of benzene rings is 1. The van der Waals surface area contributed by atoms with Gasteiger partial charge in [-0.3, -0.25) is 4.98 Å². The number of nitrogens with two attached hydrogens (primary N) is 1. The summed E-state index contributed by atoms with van der Waals surface area (Å²) in [5.41, 5.74) is 6.69. The monoisotopic (exact) mass is 197 g/mol. The molecular weight excluding hydrogens is 186 g/mol. The summed E-state index contributed by atoms with van der Waals surface area (Å²) >= 11 is 0. The van der Waals surface area contributed by atoms with Crippen molar-refractivity contribution in [3.63, 3.8) is 0 Å². The van der Waals surface area contributed by atoms with Gasteiger partial charge in [-0.15, -0.1) is 0 Å². The van der Waals surface area contributed by atoms with Crippen molar-refractivity contribution >= 4 is 10.8 Å². The van der Waals surface area contributed by atoms with Crippen LogP contribution in [-0.4, -0.2) is 4.98 Å². The zero-order valence-electron chi connectivity index (χ0n) is 8.22. The first-order valence-electron chi connectivity index (χ1n) is 4.79. The summed E-state index contributed by atoms with van der Waals surface area (Å²) in [6.07, 6.45) is 2.02. The van der Waals surface area contributed by atoms with Gasteiger partial charge in [-0.05, 0) is 11.5 Å². The molecule has 2 N–H and O–H groups in total. The fourth-order valence-corrected chi connectivity index (χ4v) is 1.63. The fraction of sp³-hybridized carbons (Fsp3) is 0.167. The van der Waals surface area contributed by atoms with E-state index in [1.807, 2.05) is 30.3 Å². The minimum atomic E-state index is -0.305. The van der Waals surface area contributed by atoms with Crippen LogP contribution in [0.25, 0.3) is 10.8 Å². The molecule has 1 heterocycles. The van der Waals surface area contributed by atoms with E-state index in [-0.39, 0.29) is 6.04 Å². The smallest absolute Gasteiger partial charge is 0.0659 e. The van der Waals surface area contributed by atoms with Gasteiger partial charge in [0.05, 0.1) is 24.2 Å². The van der Waals surface area contributed by atoms with Crippen LogP contribution in [0.1, 0.15) is 18.2 Å². The minimum Gasteiger partial charge on any atom is -0.322 e. The second-order valence-electron chi connectivity index (χ2n) is 3.39. The largest absolute Gasteiger partial charge is 0.322 e. The minimum absolute atomic E-state index is 0.293. The second-order valence-corrected chi connectivity index (χ2v) is 3.39. The molecule has 0 spiro atoms. The highest BCUT2D eigenvalue weighted by molar-refractivity contribution is 5.84. The highest BCUT2D eigenvalue weighted by atomic mass is 14.8. The summed E-state index contributed by atoms with van der Waals surface area (Å²) in [6.45, 7) is 0. The van der Waals surface area contributed by atoms with Gasteiger partial charge in [0.1, 0.15) is 0 Å². The molecular formula is C12H11N3. The molecule has 0 aliphatic carbocycles. The number of pyridine rings is 1. The quantitative estimate of drug-likeness (QED) is 0.802. The van der Waals surface area contributed by atoms with E-state index in [1.54, 1.807) is 6.20 Å². The number of rotatable bonds is 2. The molecule has 0 aliphatic rings. The summed E-state index contributed by atoms with van der Waals surface area (Å²) < 4.78 is 0. The van der Waals surface area contributed by atoms with Crippen molar-refractivity contribution < 1.29 is 0 Å². The van der Waals surface area contributed by atoms with Gasteiger partial charge in [0.25, 0.3) is 0 Å². The fourth-order valence-electron chi connectivity index (χ4n) is 1.63. The van der Waals surface area contributed by atoms with Crippen LogP contribution in [0.2, 0.25) is 0 Å². The second kappa shape index (κ2) is 4.07. The van der Waals surface area contributed by atoms with Gasteiger partial charge in [0, 0.05) is 11.6 Å². The van der Waals surface area contributed by atoms with E-state index in [4.69, 9.17) is 11.0 Å². The molecule has 0 bridgehead atoms. The first kappa shape index (κ1) is 9.63. The van der Waals surface area contributed by atoms with Crippen molar-refractivity contribution in [2.24, 2.45) is 5.73 Å². The van der Waals surface area contributed by atoms with Crippen molar-refractivity contribution in [2.75, 3.05) is 0 Å². The lowest BCUT2D eigenvalue weighted by Gasteiger charge is -2.09. The van der Waals surface area contributed by atoms with Crippen LogP contribution in [0.15, 0.2) is 36.5 Å². The molecule has 15 heavy (non-hydrogen) atoms. The molecule has 0 amide bonds. The zero-order chi connectivity index (χ0) is 10.7. The molecule has 1 aromatic heterocycles. The third kappa shape index (κ3) is 1.80. The van der Waals surface area contributed by atoms with E-state index < -0.39 is 0 Å². The lowest BCUT2D eigenvalue weighted by atomic mass is 10.0. The Morgan fingerprint density at radius 1 is 1.33 bits per heavy atom. The predicted molar refractivity (Wildman–Crippen MR) is 58.9 cm³/mol. The zero-order valence-corrected chi connectivity index (χ0v) is 8.22. The predicted octanol–water partition coefficient (Wildman–Crippen LogP) is 2.15. The third-order valence-electron chi connectivity index (χ3n) is 2.37.